The van der Waals surface area contributed by atoms with E-state index in [1.807, 2.05) is 0 Å². The Kier molecular flexibility index (Phi) is 3.83. The van der Waals surface area contributed by atoms with E-state index in [1.165, 1.54) is 25.5 Å². The molecule has 1 amide bonds. The number of ether oxygens (including phenoxy) is 1. The van der Waals surface area contributed by atoms with Gasteiger partial charge in [0.05, 0.1) is 18.9 Å². The third kappa shape index (κ3) is 2.80. The summed E-state index contributed by atoms with van der Waals surface area (Å²) in [7, 11) is 1.44. The van der Waals surface area contributed by atoms with Crippen LogP contribution >= 0.6 is 27.5 Å². The molecule has 0 saturated carbocycles. The molecule has 94 valence electrons. The largest absolute Gasteiger partial charge is 0.481 e. The van der Waals surface area contributed by atoms with Gasteiger partial charge in [-0.25, -0.2) is 4.98 Å². The van der Waals surface area contributed by atoms with Gasteiger partial charge in [-0.05, 0) is 22.0 Å². The zero-order chi connectivity index (χ0) is 13.1. The van der Waals surface area contributed by atoms with Crippen molar-refractivity contribution in [2.45, 2.75) is 0 Å². The first-order valence-electron chi connectivity index (χ1n) is 4.73. The molecule has 2 heterocycles. The number of halogens is 2. The van der Waals surface area contributed by atoms with Gasteiger partial charge >= 0.3 is 0 Å². The van der Waals surface area contributed by atoms with Crippen LogP contribution in [0.1, 0.15) is 10.4 Å². The molecule has 2 aromatic rings. The molecule has 2 aromatic heterocycles. The van der Waals surface area contributed by atoms with Gasteiger partial charge in [0.2, 0.25) is 11.8 Å². The lowest BCUT2D eigenvalue weighted by molar-refractivity contribution is 0.102. The number of amides is 1. The first kappa shape index (κ1) is 12.8. The third-order valence-corrected chi connectivity index (χ3v) is 2.78. The first-order valence-corrected chi connectivity index (χ1v) is 5.90. The number of methoxy groups -OCH3 is 1. The summed E-state index contributed by atoms with van der Waals surface area (Å²) >= 11 is 8.86. The minimum atomic E-state index is -0.417. The van der Waals surface area contributed by atoms with Crippen molar-refractivity contribution >= 4 is 39.4 Å². The lowest BCUT2D eigenvalue weighted by atomic mass is 10.3. The van der Waals surface area contributed by atoms with Crippen molar-refractivity contribution in [1.29, 1.82) is 0 Å². The molecular formula is C10H7BrClN3O3. The molecule has 0 aliphatic rings. The maximum Gasteiger partial charge on any atom is 0.262 e. The predicted octanol–water partition coefficient (Wildman–Crippen LogP) is 2.75. The minimum Gasteiger partial charge on any atom is -0.481 e. The average molecular weight is 333 g/mol. The van der Waals surface area contributed by atoms with Crippen LogP contribution in [0.4, 0.5) is 5.95 Å². The summed E-state index contributed by atoms with van der Waals surface area (Å²) in [6.07, 6.45) is 1.39. The summed E-state index contributed by atoms with van der Waals surface area (Å²) in [5.74, 6) is -0.103. The fourth-order valence-electron chi connectivity index (χ4n) is 1.18. The standard InChI is InChI=1S/C10H7BrClN3O3/c1-17-7-4-6(12)13-10(14-7)15-9(16)5-2-3-18-8(5)11/h2-4H,1H3,(H,13,14,15,16). The van der Waals surface area contributed by atoms with Crippen LogP contribution in [0, 0.1) is 0 Å². The SMILES string of the molecule is COc1cc(Cl)nc(NC(=O)c2ccoc2Br)n1. The molecular weight excluding hydrogens is 325 g/mol. The summed E-state index contributed by atoms with van der Waals surface area (Å²) in [5.41, 5.74) is 0.331. The summed E-state index contributed by atoms with van der Waals surface area (Å²) in [6, 6.07) is 2.95. The van der Waals surface area contributed by atoms with E-state index in [0.29, 0.717) is 10.2 Å². The van der Waals surface area contributed by atoms with E-state index in [9.17, 15) is 4.79 Å². The highest BCUT2D eigenvalue weighted by atomic mass is 79.9. The van der Waals surface area contributed by atoms with Gasteiger partial charge < -0.3 is 9.15 Å². The maximum atomic E-state index is 11.8. The molecule has 0 aliphatic carbocycles. The Morgan fingerprint density at radius 2 is 2.33 bits per heavy atom. The normalized spacial score (nSPS) is 10.2. The second-order valence-electron chi connectivity index (χ2n) is 3.12. The number of nitrogens with zero attached hydrogens (tertiary/aromatic N) is 2. The summed E-state index contributed by atoms with van der Waals surface area (Å²) in [5, 5.41) is 2.65. The fourth-order valence-corrected chi connectivity index (χ4v) is 1.78. The van der Waals surface area contributed by atoms with Crippen LogP contribution in [-0.2, 0) is 0 Å². The summed E-state index contributed by atoms with van der Waals surface area (Å²) in [6.45, 7) is 0. The second-order valence-corrected chi connectivity index (χ2v) is 4.23. The molecule has 0 unspecified atom stereocenters. The van der Waals surface area contributed by atoms with Crippen molar-refractivity contribution < 1.29 is 13.9 Å². The molecule has 0 atom stereocenters. The van der Waals surface area contributed by atoms with Gasteiger partial charge in [0, 0.05) is 6.07 Å². The number of hydrogen-bond donors (Lipinski definition) is 1. The number of aromatic nitrogens is 2. The molecule has 0 radical (unpaired) electrons. The monoisotopic (exact) mass is 331 g/mol. The van der Waals surface area contributed by atoms with Gasteiger partial charge in [-0.3, -0.25) is 10.1 Å². The van der Waals surface area contributed by atoms with Gasteiger partial charge in [0.15, 0.2) is 4.67 Å². The third-order valence-electron chi connectivity index (χ3n) is 1.97. The topological polar surface area (TPSA) is 77.2 Å². The number of carbonyl (C=O) groups is 1. The molecule has 0 aromatic carbocycles. The fraction of sp³-hybridized carbons (Fsp3) is 0.100. The lowest BCUT2D eigenvalue weighted by Crippen LogP contribution is -2.14. The molecule has 0 saturated heterocycles. The Hall–Kier alpha value is -1.60. The molecule has 0 aliphatic heterocycles. The Morgan fingerprint density at radius 3 is 2.94 bits per heavy atom. The zero-order valence-electron chi connectivity index (χ0n) is 9.11. The molecule has 0 spiro atoms. The van der Waals surface area contributed by atoms with E-state index >= 15 is 0 Å². The van der Waals surface area contributed by atoms with Gasteiger partial charge in [-0.2, -0.15) is 4.98 Å². The Bertz CT molecular complexity index is 587. The zero-order valence-corrected chi connectivity index (χ0v) is 11.4. The molecule has 8 heteroatoms. The van der Waals surface area contributed by atoms with E-state index in [0.717, 1.165) is 0 Å². The summed E-state index contributed by atoms with van der Waals surface area (Å²) in [4.78, 5) is 19.6. The molecule has 6 nitrogen and oxygen atoms in total. The number of nitrogens with one attached hydrogen (secondary N) is 1. The van der Waals surface area contributed by atoms with Crippen molar-refractivity contribution in [2.24, 2.45) is 0 Å². The number of anilines is 1. The van der Waals surface area contributed by atoms with E-state index in [2.05, 4.69) is 31.2 Å². The number of rotatable bonds is 3. The van der Waals surface area contributed by atoms with Crippen molar-refractivity contribution in [3.05, 3.63) is 33.8 Å². The molecule has 18 heavy (non-hydrogen) atoms. The van der Waals surface area contributed by atoms with Crippen LogP contribution in [0.2, 0.25) is 5.15 Å². The highest BCUT2D eigenvalue weighted by Crippen LogP contribution is 2.20. The van der Waals surface area contributed by atoms with E-state index in [-0.39, 0.29) is 17.0 Å². The predicted molar refractivity (Wildman–Crippen MR) is 68.0 cm³/mol. The highest BCUT2D eigenvalue weighted by Gasteiger charge is 2.14. The minimum absolute atomic E-state index is 0.0532. The van der Waals surface area contributed by atoms with Gasteiger partial charge in [-0.15, -0.1) is 0 Å². The van der Waals surface area contributed by atoms with Crippen LogP contribution < -0.4 is 10.1 Å². The van der Waals surface area contributed by atoms with Crippen molar-refractivity contribution in [2.75, 3.05) is 12.4 Å². The van der Waals surface area contributed by atoms with Crippen LogP contribution in [-0.4, -0.2) is 23.0 Å². The maximum absolute atomic E-state index is 11.8. The van der Waals surface area contributed by atoms with Gasteiger partial charge in [-0.1, -0.05) is 11.6 Å². The molecule has 0 bridgehead atoms. The van der Waals surface area contributed by atoms with Crippen molar-refractivity contribution in [3.63, 3.8) is 0 Å². The smallest absolute Gasteiger partial charge is 0.262 e. The van der Waals surface area contributed by atoms with E-state index in [1.54, 1.807) is 0 Å². The second kappa shape index (κ2) is 5.36. The first-order chi connectivity index (χ1) is 8.60. The van der Waals surface area contributed by atoms with E-state index < -0.39 is 5.91 Å². The van der Waals surface area contributed by atoms with Crippen LogP contribution in [0.25, 0.3) is 0 Å². The van der Waals surface area contributed by atoms with Crippen molar-refractivity contribution in [1.82, 2.24) is 9.97 Å². The average Bonchev–Trinajstić information content (AvgIpc) is 2.74. The van der Waals surface area contributed by atoms with Crippen molar-refractivity contribution in [3.8, 4) is 5.88 Å². The molecule has 0 fully saturated rings. The Labute approximate surface area is 115 Å². The summed E-state index contributed by atoms with van der Waals surface area (Å²) < 4.78 is 10.2. The Morgan fingerprint density at radius 1 is 1.56 bits per heavy atom. The lowest BCUT2D eigenvalue weighted by Gasteiger charge is -2.04. The Balaban J connectivity index is 2.22. The van der Waals surface area contributed by atoms with Crippen LogP contribution in [0.3, 0.4) is 0 Å². The van der Waals surface area contributed by atoms with Gasteiger partial charge in [0.25, 0.3) is 5.91 Å². The molecule has 1 N–H and O–H groups in total. The molecule has 2 rings (SSSR count). The van der Waals surface area contributed by atoms with Crippen LogP contribution in [0.5, 0.6) is 5.88 Å². The number of hydrogen-bond acceptors (Lipinski definition) is 5. The number of carbonyl (C=O) groups excluding carboxylic acids is 1. The number of furan rings is 1. The highest BCUT2D eigenvalue weighted by molar-refractivity contribution is 9.10. The van der Waals surface area contributed by atoms with Crippen LogP contribution in [0.15, 0.2) is 27.5 Å². The van der Waals surface area contributed by atoms with Gasteiger partial charge in [0.1, 0.15) is 5.15 Å². The quantitative estimate of drug-likeness (QED) is 0.875. The van der Waals surface area contributed by atoms with E-state index in [4.69, 9.17) is 20.8 Å².